The number of nitrogens with zero attached hydrogens (tertiary/aromatic N) is 2. The summed E-state index contributed by atoms with van der Waals surface area (Å²) in [5, 5.41) is 1.29. The highest BCUT2D eigenvalue weighted by molar-refractivity contribution is 8.00. The molecule has 2 heterocycles. The van der Waals surface area contributed by atoms with Crippen molar-refractivity contribution in [3.63, 3.8) is 0 Å². The van der Waals surface area contributed by atoms with E-state index in [0.29, 0.717) is 22.5 Å². The van der Waals surface area contributed by atoms with E-state index in [4.69, 9.17) is 25.7 Å². The Hall–Kier alpha value is -2.48. The van der Waals surface area contributed by atoms with Crippen LogP contribution in [0.2, 0.25) is 5.02 Å². The molecule has 0 unspecified atom stereocenters. The number of carbonyl (C=O) groups excluding carboxylic acids is 1. The van der Waals surface area contributed by atoms with E-state index in [2.05, 4.69) is 0 Å². The summed E-state index contributed by atoms with van der Waals surface area (Å²) in [4.78, 5) is 20.6. The molecule has 5 nitrogen and oxygen atoms in total. The maximum Gasteiger partial charge on any atom is 0.239 e. The summed E-state index contributed by atoms with van der Waals surface area (Å²) in [6.07, 6.45) is 1.60. The molecule has 1 amide bonds. The highest BCUT2D eigenvalue weighted by Crippen LogP contribution is 2.34. The maximum absolute atomic E-state index is 13.2. The molecule has 0 bridgehead atoms. The molecule has 2 aromatic heterocycles. The molecule has 8 heteroatoms. The lowest BCUT2D eigenvalue weighted by Gasteiger charge is -2.18. The molecule has 0 fully saturated rings. The molecule has 0 atom stereocenters. The molecule has 0 saturated carbocycles. The fourth-order valence-electron chi connectivity index (χ4n) is 2.97. The molecule has 154 valence electrons. The summed E-state index contributed by atoms with van der Waals surface area (Å²) in [6.45, 7) is 2.29. The minimum atomic E-state index is -0.0463. The van der Waals surface area contributed by atoms with Crippen molar-refractivity contribution in [3.05, 3.63) is 71.1 Å². The van der Waals surface area contributed by atoms with Gasteiger partial charge in [-0.1, -0.05) is 22.9 Å². The van der Waals surface area contributed by atoms with E-state index in [1.807, 2.05) is 55.5 Å². The first kappa shape index (κ1) is 20.8. The number of anilines is 1. The van der Waals surface area contributed by atoms with E-state index in [9.17, 15) is 4.79 Å². The Morgan fingerprint density at radius 3 is 2.77 bits per heavy atom. The van der Waals surface area contributed by atoms with Gasteiger partial charge in [0.1, 0.15) is 11.5 Å². The topological polar surface area (TPSA) is 55.6 Å². The second kappa shape index (κ2) is 9.12. The number of furan rings is 1. The summed E-state index contributed by atoms with van der Waals surface area (Å²) in [6, 6.07) is 15.1. The van der Waals surface area contributed by atoms with E-state index < -0.39 is 0 Å². The molecule has 2 aromatic carbocycles. The zero-order valence-electron chi connectivity index (χ0n) is 16.4. The summed E-state index contributed by atoms with van der Waals surface area (Å²) >= 11 is 9.13. The van der Waals surface area contributed by atoms with E-state index in [1.165, 1.54) is 23.1 Å². The third-order valence-corrected chi connectivity index (χ3v) is 6.73. The van der Waals surface area contributed by atoms with E-state index in [-0.39, 0.29) is 11.7 Å². The molecule has 0 radical (unpaired) electrons. The fourth-order valence-corrected chi connectivity index (χ4v) is 5.19. The van der Waals surface area contributed by atoms with Crippen molar-refractivity contribution in [2.45, 2.75) is 18.4 Å². The SMILES string of the molecule is COc1ccc(SCC(=O)N(Cc2ccco2)c2nc3c(C)cc(Cl)cc3s2)cc1. The molecule has 0 aliphatic carbocycles. The predicted octanol–water partition coefficient (Wildman–Crippen LogP) is 6.19. The Bertz CT molecular complexity index is 1160. The van der Waals surface area contributed by atoms with Crippen LogP contribution in [-0.4, -0.2) is 23.8 Å². The van der Waals surface area contributed by atoms with Gasteiger partial charge in [0.05, 0.1) is 35.9 Å². The number of ether oxygens (including phenoxy) is 1. The minimum absolute atomic E-state index is 0.0463. The molecule has 0 N–H and O–H groups in total. The number of thioether (sulfide) groups is 1. The van der Waals surface area contributed by atoms with Gasteiger partial charge in [0.25, 0.3) is 0 Å². The molecular weight excluding hydrogens is 440 g/mol. The second-order valence-corrected chi connectivity index (χ2v) is 9.08. The van der Waals surface area contributed by atoms with Gasteiger partial charge in [0, 0.05) is 9.92 Å². The Morgan fingerprint density at radius 2 is 2.07 bits per heavy atom. The number of methoxy groups -OCH3 is 1. The van der Waals surface area contributed by atoms with Crippen LogP contribution < -0.4 is 9.64 Å². The fraction of sp³-hybridized carbons (Fsp3) is 0.182. The number of hydrogen-bond donors (Lipinski definition) is 0. The summed E-state index contributed by atoms with van der Waals surface area (Å²) in [5.41, 5.74) is 1.84. The van der Waals surface area contributed by atoms with Crippen LogP contribution in [0, 0.1) is 6.92 Å². The molecule has 0 spiro atoms. The van der Waals surface area contributed by atoms with Crippen LogP contribution in [0.3, 0.4) is 0 Å². The quantitative estimate of drug-likeness (QED) is 0.309. The normalized spacial score (nSPS) is 11.0. The number of hydrogen-bond acceptors (Lipinski definition) is 6. The van der Waals surface area contributed by atoms with Crippen molar-refractivity contribution >= 4 is 56.0 Å². The smallest absolute Gasteiger partial charge is 0.239 e. The van der Waals surface area contributed by atoms with E-state index in [1.54, 1.807) is 18.3 Å². The van der Waals surface area contributed by atoms with Crippen molar-refractivity contribution in [2.75, 3.05) is 17.8 Å². The summed E-state index contributed by atoms with van der Waals surface area (Å²) < 4.78 is 11.6. The third kappa shape index (κ3) is 4.64. The molecule has 0 aliphatic rings. The zero-order valence-corrected chi connectivity index (χ0v) is 18.8. The third-order valence-electron chi connectivity index (χ3n) is 4.49. The summed E-state index contributed by atoms with van der Waals surface area (Å²) in [5.74, 6) is 1.72. The van der Waals surface area contributed by atoms with Gasteiger partial charge in [-0.3, -0.25) is 9.69 Å². The van der Waals surface area contributed by atoms with Gasteiger partial charge in [-0.15, -0.1) is 11.8 Å². The van der Waals surface area contributed by atoms with Crippen molar-refractivity contribution in [1.29, 1.82) is 0 Å². The molecular formula is C22H19ClN2O3S2. The van der Waals surface area contributed by atoms with Gasteiger partial charge in [-0.2, -0.15) is 0 Å². The van der Waals surface area contributed by atoms with Crippen LogP contribution in [0.15, 0.2) is 64.1 Å². The highest BCUT2D eigenvalue weighted by atomic mass is 35.5. The molecule has 0 aliphatic heterocycles. The van der Waals surface area contributed by atoms with E-state index in [0.717, 1.165) is 26.4 Å². The average molecular weight is 459 g/mol. The highest BCUT2D eigenvalue weighted by Gasteiger charge is 2.22. The number of thiazole rings is 1. The lowest BCUT2D eigenvalue weighted by Crippen LogP contribution is -2.31. The minimum Gasteiger partial charge on any atom is -0.497 e. The maximum atomic E-state index is 13.2. The number of carbonyl (C=O) groups is 1. The monoisotopic (exact) mass is 458 g/mol. The van der Waals surface area contributed by atoms with Gasteiger partial charge in [0.2, 0.25) is 5.91 Å². The van der Waals surface area contributed by atoms with Gasteiger partial charge in [-0.25, -0.2) is 4.98 Å². The van der Waals surface area contributed by atoms with Crippen molar-refractivity contribution in [2.24, 2.45) is 0 Å². The number of amides is 1. The molecule has 30 heavy (non-hydrogen) atoms. The van der Waals surface area contributed by atoms with E-state index >= 15 is 0 Å². The molecule has 4 aromatic rings. The Labute approximate surface area is 187 Å². The first-order valence-electron chi connectivity index (χ1n) is 9.20. The van der Waals surface area contributed by atoms with Gasteiger partial charge < -0.3 is 9.15 Å². The van der Waals surface area contributed by atoms with Crippen LogP contribution in [0.1, 0.15) is 11.3 Å². The van der Waals surface area contributed by atoms with Gasteiger partial charge >= 0.3 is 0 Å². The standard InChI is InChI=1S/C22H19ClN2O3S2/c1-14-10-15(23)11-19-21(14)24-22(30-19)25(12-17-4-3-9-28-17)20(26)13-29-18-7-5-16(27-2)6-8-18/h3-11H,12-13H2,1-2H3. The zero-order chi connectivity index (χ0) is 21.1. The lowest BCUT2D eigenvalue weighted by molar-refractivity contribution is -0.116. The van der Waals surface area contributed by atoms with Crippen LogP contribution in [0.4, 0.5) is 5.13 Å². The van der Waals surface area contributed by atoms with Crippen LogP contribution in [0.25, 0.3) is 10.2 Å². The van der Waals surface area contributed by atoms with Gasteiger partial charge in [-0.05, 0) is 61.0 Å². The van der Waals surface area contributed by atoms with Gasteiger partial charge in [0.15, 0.2) is 5.13 Å². The average Bonchev–Trinajstić information content (AvgIpc) is 3.40. The number of halogens is 1. The first-order chi connectivity index (χ1) is 14.5. The second-order valence-electron chi connectivity index (χ2n) is 6.59. The van der Waals surface area contributed by atoms with Crippen LogP contribution in [-0.2, 0) is 11.3 Å². The predicted molar refractivity (Wildman–Crippen MR) is 123 cm³/mol. The molecule has 0 saturated heterocycles. The summed E-state index contributed by atoms with van der Waals surface area (Å²) in [7, 11) is 1.63. The molecule has 4 rings (SSSR count). The van der Waals surface area contributed by atoms with Crippen molar-refractivity contribution in [3.8, 4) is 5.75 Å². The van der Waals surface area contributed by atoms with Crippen LogP contribution >= 0.6 is 34.7 Å². The van der Waals surface area contributed by atoms with Crippen molar-refractivity contribution < 1.29 is 13.9 Å². The van der Waals surface area contributed by atoms with Crippen LogP contribution in [0.5, 0.6) is 5.75 Å². The number of rotatable bonds is 7. The number of aromatic nitrogens is 1. The number of fused-ring (bicyclic) bond motifs is 1. The van der Waals surface area contributed by atoms with Crippen molar-refractivity contribution in [1.82, 2.24) is 4.98 Å². The Balaban J connectivity index is 1.59. The number of aryl methyl sites for hydroxylation is 1. The Kier molecular flexibility index (Phi) is 6.32. The number of benzene rings is 2. The lowest BCUT2D eigenvalue weighted by atomic mass is 10.2. The Morgan fingerprint density at radius 1 is 1.27 bits per heavy atom. The first-order valence-corrected chi connectivity index (χ1v) is 11.4. The largest absolute Gasteiger partial charge is 0.497 e.